The molecule has 2 rings (SSSR count). The van der Waals surface area contributed by atoms with Crippen molar-refractivity contribution < 1.29 is 9.47 Å². The zero-order valence-electron chi connectivity index (χ0n) is 12.2. The number of benzene rings is 1. The van der Waals surface area contributed by atoms with Crippen LogP contribution in [-0.2, 0) is 6.42 Å². The standard InChI is InChI=1S/C14H18N4O2S/c1-4-9-8-21-14(16-9)13(18-15)17-12-10(19-2)6-5-7-11(12)20-3/h5-8H,4,15H2,1-3H3,(H,17,18). The van der Waals surface area contributed by atoms with E-state index >= 15 is 0 Å². The first-order valence-corrected chi connectivity index (χ1v) is 7.32. The van der Waals surface area contributed by atoms with E-state index in [-0.39, 0.29) is 0 Å². The summed E-state index contributed by atoms with van der Waals surface area (Å²) in [5.41, 5.74) is 1.67. The summed E-state index contributed by atoms with van der Waals surface area (Å²) in [6, 6.07) is 5.51. The summed E-state index contributed by atoms with van der Waals surface area (Å²) in [4.78, 5) is 4.47. The second kappa shape index (κ2) is 6.94. The molecule has 0 aliphatic rings. The van der Waals surface area contributed by atoms with Gasteiger partial charge in [0.2, 0.25) is 0 Å². The molecule has 112 valence electrons. The van der Waals surface area contributed by atoms with Gasteiger partial charge >= 0.3 is 0 Å². The molecule has 2 aromatic rings. The van der Waals surface area contributed by atoms with E-state index in [1.54, 1.807) is 14.2 Å². The normalized spacial score (nSPS) is 11.3. The molecule has 3 N–H and O–H groups in total. The predicted octanol–water partition coefficient (Wildman–Crippen LogP) is 2.46. The molecule has 1 heterocycles. The van der Waals surface area contributed by atoms with Crippen molar-refractivity contribution >= 4 is 22.9 Å². The molecule has 6 nitrogen and oxygen atoms in total. The number of thiazole rings is 1. The number of hydrogen-bond donors (Lipinski definition) is 2. The third-order valence-corrected chi connectivity index (χ3v) is 3.81. The maximum absolute atomic E-state index is 5.50. The smallest absolute Gasteiger partial charge is 0.186 e. The van der Waals surface area contributed by atoms with Crippen LogP contribution in [0.5, 0.6) is 11.5 Å². The monoisotopic (exact) mass is 306 g/mol. The van der Waals surface area contributed by atoms with Gasteiger partial charge in [-0.2, -0.15) is 5.10 Å². The molecule has 0 amide bonds. The highest BCUT2D eigenvalue weighted by Crippen LogP contribution is 2.34. The number of anilines is 1. The summed E-state index contributed by atoms with van der Waals surface area (Å²) in [5.74, 6) is 7.25. The Balaban J connectivity index is 2.35. The molecule has 0 spiro atoms. The number of hydrazone groups is 1. The summed E-state index contributed by atoms with van der Waals surface area (Å²) in [6.07, 6.45) is 0.867. The maximum atomic E-state index is 5.50. The zero-order valence-corrected chi connectivity index (χ0v) is 13.0. The molecule has 0 aliphatic heterocycles. The van der Waals surface area contributed by atoms with Crippen LogP contribution in [0.2, 0.25) is 0 Å². The number of methoxy groups -OCH3 is 2. The number of ether oxygens (including phenoxy) is 2. The molecule has 1 aromatic carbocycles. The molecule has 0 radical (unpaired) electrons. The van der Waals surface area contributed by atoms with Crippen LogP contribution in [0.25, 0.3) is 0 Å². The van der Waals surface area contributed by atoms with Gasteiger partial charge in [-0.1, -0.05) is 13.0 Å². The van der Waals surface area contributed by atoms with Crippen LogP contribution >= 0.6 is 11.3 Å². The topological polar surface area (TPSA) is 81.8 Å². The van der Waals surface area contributed by atoms with Crippen molar-refractivity contribution in [1.29, 1.82) is 0 Å². The Labute approximate surface area is 127 Å². The molecular weight excluding hydrogens is 288 g/mol. The van der Waals surface area contributed by atoms with Gasteiger partial charge in [-0.25, -0.2) is 4.98 Å². The molecule has 0 saturated heterocycles. The van der Waals surface area contributed by atoms with Crippen LogP contribution in [0, 0.1) is 0 Å². The van der Waals surface area contributed by atoms with Gasteiger partial charge in [-0.05, 0) is 18.6 Å². The molecule has 0 atom stereocenters. The number of rotatable bonds is 5. The largest absolute Gasteiger partial charge is 0.494 e. The fourth-order valence-electron chi connectivity index (χ4n) is 1.81. The summed E-state index contributed by atoms with van der Waals surface area (Å²) < 4.78 is 10.7. The van der Waals surface area contributed by atoms with E-state index < -0.39 is 0 Å². The Morgan fingerprint density at radius 2 is 2.00 bits per heavy atom. The molecule has 0 unspecified atom stereocenters. The van der Waals surface area contributed by atoms with Crippen molar-refractivity contribution in [3.05, 3.63) is 34.3 Å². The number of nitrogens with one attached hydrogen (secondary N) is 1. The van der Waals surface area contributed by atoms with E-state index in [0.29, 0.717) is 23.0 Å². The predicted molar refractivity (Wildman–Crippen MR) is 85.4 cm³/mol. The molecular formula is C14H18N4O2S. The first-order chi connectivity index (χ1) is 10.2. The van der Waals surface area contributed by atoms with E-state index in [0.717, 1.165) is 17.1 Å². The number of nitrogens with two attached hydrogens (primary N) is 1. The lowest BCUT2D eigenvalue weighted by atomic mass is 10.2. The maximum Gasteiger partial charge on any atom is 0.186 e. The van der Waals surface area contributed by atoms with Gasteiger partial charge in [0.25, 0.3) is 0 Å². The van der Waals surface area contributed by atoms with Crippen molar-refractivity contribution in [2.24, 2.45) is 10.9 Å². The van der Waals surface area contributed by atoms with Crippen molar-refractivity contribution in [2.45, 2.75) is 13.3 Å². The third-order valence-electron chi connectivity index (χ3n) is 2.92. The first kappa shape index (κ1) is 15.1. The number of aryl methyl sites for hydroxylation is 1. The average Bonchev–Trinajstić information content (AvgIpc) is 3.01. The van der Waals surface area contributed by atoms with Crippen LogP contribution in [0.3, 0.4) is 0 Å². The first-order valence-electron chi connectivity index (χ1n) is 6.44. The molecule has 0 saturated carbocycles. The van der Waals surface area contributed by atoms with Gasteiger partial charge < -0.3 is 20.6 Å². The van der Waals surface area contributed by atoms with E-state index in [9.17, 15) is 0 Å². The van der Waals surface area contributed by atoms with Crippen molar-refractivity contribution in [1.82, 2.24) is 4.98 Å². The number of amidine groups is 1. The van der Waals surface area contributed by atoms with Crippen molar-refractivity contribution in [2.75, 3.05) is 19.5 Å². The average molecular weight is 306 g/mol. The van der Waals surface area contributed by atoms with Crippen molar-refractivity contribution in [3.63, 3.8) is 0 Å². The Kier molecular flexibility index (Phi) is 4.99. The SMILES string of the molecule is CCc1csc(/C(=N/N)Nc2c(OC)cccc2OC)n1. The minimum atomic E-state index is 0.475. The molecule has 0 aliphatic carbocycles. The van der Waals surface area contributed by atoms with Gasteiger partial charge in [-0.3, -0.25) is 0 Å². The van der Waals surface area contributed by atoms with Gasteiger partial charge in [0.05, 0.1) is 19.9 Å². The van der Waals surface area contributed by atoms with E-state index in [1.807, 2.05) is 23.6 Å². The lowest BCUT2D eigenvalue weighted by molar-refractivity contribution is 0.398. The summed E-state index contributed by atoms with van der Waals surface area (Å²) in [6.45, 7) is 2.05. The van der Waals surface area contributed by atoms with Gasteiger partial charge in [0.1, 0.15) is 17.2 Å². The van der Waals surface area contributed by atoms with Crippen LogP contribution in [0.15, 0.2) is 28.7 Å². The highest BCUT2D eigenvalue weighted by Gasteiger charge is 2.15. The van der Waals surface area contributed by atoms with Gasteiger partial charge in [0, 0.05) is 5.38 Å². The molecule has 1 aromatic heterocycles. The lowest BCUT2D eigenvalue weighted by Crippen LogP contribution is -2.17. The van der Waals surface area contributed by atoms with Gasteiger partial charge in [0.15, 0.2) is 10.8 Å². The minimum absolute atomic E-state index is 0.475. The number of hydrogen-bond acceptors (Lipinski definition) is 6. The number of nitrogens with zero attached hydrogens (tertiary/aromatic N) is 2. The molecule has 0 fully saturated rings. The fraction of sp³-hybridized carbons (Fsp3) is 0.286. The Morgan fingerprint density at radius 3 is 2.48 bits per heavy atom. The second-order valence-electron chi connectivity index (χ2n) is 4.14. The van der Waals surface area contributed by atoms with Crippen LogP contribution in [0.4, 0.5) is 5.69 Å². The number of aromatic nitrogens is 1. The number of para-hydroxylation sites is 1. The van der Waals surface area contributed by atoms with Crippen LogP contribution in [-0.4, -0.2) is 25.0 Å². The Morgan fingerprint density at radius 1 is 1.33 bits per heavy atom. The van der Waals surface area contributed by atoms with Crippen LogP contribution in [0.1, 0.15) is 17.6 Å². The third kappa shape index (κ3) is 3.25. The van der Waals surface area contributed by atoms with E-state index in [4.69, 9.17) is 15.3 Å². The summed E-state index contributed by atoms with van der Waals surface area (Å²) in [7, 11) is 3.19. The van der Waals surface area contributed by atoms with Gasteiger partial charge in [-0.15, -0.1) is 11.3 Å². The molecule has 0 bridgehead atoms. The highest BCUT2D eigenvalue weighted by molar-refractivity contribution is 7.12. The summed E-state index contributed by atoms with van der Waals surface area (Å²) >= 11 is 1.49. The van der Waals surface area contributed by atoms with Crippen LogP contribution < -0.4 is 20.6 Å². The van der Waals surface area contributed by atoms with E-state index in [2.05, 4.69) is 22.3 Å². The Bertz CT molecular complexity index is 617. The minimum Gasteiger partial charge on any atom is -0.494 e. The fourth-order valence-corrected chi connectivity index (χ4v) is 2.66. The Hall–Kier alpha value is -2.28. The lowest BCUT2D eigenvalue weighted by Gasteiger charge is -2.14. The van der Waals surface area contributed by atoms with Crippen molar-refractivity contribution in [3.8, 4) is 11.5 Å². The summed E-state index contributed by atoms with van der Waals surface area (Å²) in [5, 5.41) is 9.65. The molecule has 7 heteroatoms. The molecule has 21 heavy (non-hydrogen) atoms. The zero-order chi connectivity index (χ0) is 15.2. The van der Waals surface area contributed by atoms with E-state index in [1.165, 1.54) is 11.3 Å². The quantitative estimate of drug-likeness (QED) is 0.384. The highest BCUT2D eigenvalue weighted by atomic mass is 32.1. The second-order valence-corrected chi connectivity index (χ2v) is 5.00.